The number of amides is 1. The average Bonchev–Trinajstić information content (AvgIpc) is 3.60. The molecule has 1 amide bonds. The predicted molar refractivity (Wildman–Crippen MR) is 119 cm³/mol. The molecule has 3 aliphatic rings. The van der Waals surface area contributed by atoms with Crippen LogP contribution in [0.3, 0.4) is 0 Å². The summed E-state index contributed by atoms with van der Waals surface area (Å²) in [5.74, 6) is -3.65. The fraction of sp³-hybridized carbons (Fsp3) is 0.652. The van der Waals surface area contributed by atoms with E-state index in [-0.39, 0.29) is 0 Å². The van der Waals surface area contributed by atoms with Gasteiger partial charge in [0.1, 0.15) is 0 Å². The first-order valence-corrected chi connectivity index (χ1v) is 11.7. The number of fused-ring (bicyclic) bond motifs is 1. The molecule has 0 radical (unpaired) electrons. The lowest BCUT2D eigenvalue weighted by Gasteiger charge is -2.36. The van der Waals surface area contributed by atoms with E-state index >= 15 is 0 Å². The summed E-state index contributed by atoms with van der Waals surface area (Å²) in [5.41, 5.74) is 1.24. The van der Waals surface area contributed by atoms with Gasteiger partial charge >= 0.3 is 24.3 Å². The Kier molecular flexibility index (Phi) is 10.9. The third-order valence-electron chi connectivity index (χ3n) is 6.18. The Hall–Kier alpha value is -2.94. The van der Waals surface area contributed by atoms with Crippen molar-refractivity contribution < 1.29 is 55.7 Å². The number of ether oxygens (including phenoxy) is 1. The topological polar surface area (TPSA) is 120 Å². The lowest BCUT2D eigenvalue weighted by molar-refractivity contribution is -0.193. The number of carbonyl (C=O) groups excluding carboxylic acids is 1. The molecule has 0 bridgehead atoms. The highest BCUT2D eigenvalue weighted by Crippen LogP contribution is 2.38. The van der Waals surface area contributed by atoms with E-state index in [4.69, 9.17) is 24.5 Å². The van der Waals surface area contributed by atoms with Crippen LogP contribution in [0.15, 0.2) is 24.5 Å². The van der Waals surface area contributed by atoms with Gasteiger partial charge in [-0.1, -0.05) is 6.07 Å². The first-order chi connectivity index (χ1) is 17.6. The molecule has 1 saturated carbocycles. The second-order valence-corrected chi connectivity index (χ2v) is 9.31. The minimum absolute atomic E-state index is 0.301. The standard InChI is InChI=1S/C19H27N3O2.2C2HF3O2/c1-21(10-14-3-2-7-20-9-14)12-18-17-6-8-22(11-16(17)13-24-18)19(23)15-4-5-15;2*3-2(4,5)1(6)7/h2-3,7,9,15-18H,4-6,8,10-13H2,1H3;2*(H,6,7)/t16-,17-,18+;;/m1../s1. The van der Waals surface area contributed by atoms with Gasteiger partial charge in [0.15, 0.2) is 0 Å². The van der Waals surface area contributed by atoms with Crippen molar-refractivity contribution >= 4 is 17.8 Å². The number of nitrogens with zero attached hydrogens (tertiary/aromatic N) is 3. The van der Waals surface area contributed by atoms with Gasteiger partial charge in [-0.25, -0.2) is 9.59 Å². The largest absolute Gasteiger partial charge is 0.490 e. The molecule has 2 N–H and O–H groups in total. The van der Waals surface area contributed by atoms with Crippen molar-refractivity contribution in [2.45, 2.75) is 44.3 Å². The number of aliphatic carboxylic acids is 2. The van der Waals surface area contributed by atoms with Gasteiger partial charge in [0, 0.05) is 50.4 Å². The highest BCUT2D eigenvalue weighted by atomic mass is 19.4. The maximum atomic E-state index is 12.3. The lowest BCUT2D eigenvalue weighted by Crippen LogP contribution is -2.46. The van der Waals surface area contributed by atoms with Crippen molar-refractivity contribution in [1.29, 1.82) is 0 Å². The number of carboxylic acids is 2. The summed E-state index contributed by atoms with van der Waals surface area (Å²) in [5, 5.41) is 14.2. The first kappa shape index (κ1) is 31.3. The summed E-state index contributed by atoms with van der Waals surface area (Å²) in [6.07, 6.45) is -2.84. The Labute approximate surface area is 214 Å². The number of hydrogen-bond donors (Lipinski definition) is 2. The van der Waals surface area contributed by atoms with E-state index in [0.717, 1.165) is 52.0 Å². The molecule has 3 heterocycles. The Morgan fingerprint density at radius 2 is 1.66 bits per heavy atom. The second kappa shape index (κ2) is 13.2. The van der Waals surface area contributed by atoms with Crippen LogP contribution in [-0.4, -0.2) is 94.6 Å². The van der Waals surface area contributed by atoms with Crippen LogP contribution in [0.4, 0.5) is 26.3 Å². The molecule has 9 nitrogen and oxygen atoms in total. The van der Waals surface area contributed by atoms with Crippen molar-refractivity contribution in [1.82, 2.24) is 14.8 Å². The number of piperidine rings is 1. The first-order valence-electron chi connectivity index (χ1n) is 11.7. The SMILES string of the molecule is CN(Cc1cccnc1)C[C@@H]1OC[C@H]2CN(C(=O)C3CC3)CC[C@H]21.O=C(O)C(F)(F)F.O=C(O)C(F)(F)F. The number of halogens is 6. The Bertz CT molecular complexity index is 918. The molecular weight excluding hydrogens is 528 g/mol. The van der Waals surface area contributed by atoms with Crippen molar-refractivity contribution in [2.75, 3.05) is 33.3 Å². The zero-order valence-corrected chi connectivity index (χ0v) is 20.4. The molecule has 1 aliphatic carbocycles. The van der Waals surface area contributed by atoms with Crippen molar-refractivity contribution in [2.24, 2.45) is 17.8 Å². The summed E-state index contributed by atoms with van der Waals surface area (Å²) >= 11 is 0. The fourth-order valence-electron chi connectivity index (χ4n) is 4.24. The summed E-state index contributed by atoms with van der Waals surface area (Å²) in [4.78, 5) is 38.7. The highest BCUT2D eigenvalue weighted by Gasteiger charge is 2.44. The van der Waals surface area contributed by atoms with E-state index in [9.17, 15) is 31.1 Å². The van der Waals surface area contributed by atoms with E-state index in [1.807, 2.05) is 18.5 Å². The number of hydrogen-bond acceptors (Lipinski definition) is 6. The van der Waals surface area contributed by atoms with Crippen LogP contribution >= 0.6 is 0 Å². The molecule has 1 aromatic heterocycles. The summed E-state index contributed by atoms with van der Waals surface area (Å²) in [6, 6.07) is 4.10. The van der Waals surface area contributed by atoms with Crippen LogP contribution < -0.4 is 0 Å². The number of carbonyl (C=O) groups is 3. The zero-order chi connectivity index (χ0) is 28.7. The van der Waals surface area contributed by atoms with Crippen LogP contribution in [0.2, 0.25) is 0 Å². The maximum absolute atomic E-state index is 12.3. The molecule has 4 rings (SSSR count). The molecule has 38 heavy (non-hydrogen) atoms. The maximum Gasteiger partial charge on any atom is 0.490 e. The minimum Gasteiger partial charge on any atom is -0.475 e. The van der Waals surface area contributed by atoms with Gasteiger partial charge < -0.3 is 19.8 Å². The van der Waals surface area contributed by atoms with Crippen LogP contribution in [0.1, 0.15) is 24.8 Å². The quantitative estimate of drug-likeness (QED) is 0.531. The number of aromatic nitrogens is 1. The lowest BCUT2D eigenvalue weighted by atomic mass is 9.84. The van der Waals surface area contributed by atoms with Gasteiger partial charge in [-0.15, -0.1) is 0 Å². The summed E-state index contributed by atoms with van der Waals surface area (Å²) in [6.45, 7) is 4.49. The van der Waals surface area contributed by atoms with Crippen molar-refractivity contribution in [3.63, 3.8) is 0 Å². The number of carboxylic acid groups (broad SMARTS) is 2. The molecule has 2 aliphatic heterocycles. The van der Waals surface area contributed by atoms with Crippen molar-refractivity contribution in [3.8, 4) is 0 Å². The average molecular weight is 557 g/mol. The van der Waals surface area contributed by atoms with Gasteiger partial charge in [-0.05, 0) is 43.9 Å². The normalized spacial score (nSPS) is 22.9. The van der Waals surface area contributed by atoms with Gasteiger partial charge in [-0.2, -0.15) is 26.3 Å². The van der Waals surface area contributed by atoms with E-state index < -0.39 is 24.3 Å². The molecule has 1 aromatic rings. The summed E-state index contributed by atoms with van der Waals surface area (Å²) in [7, 11) is 2.15. The van der Waals surface area contributed by atoms with Crippen LogP contribution in [0.25, 0.3) is 0 Å². The number of alkyl halides is 6. The van der Waals surface area contributed by atoms with E-state index in [1.165, 1.54) is 5.56 Å². The third kappa shape index (κ3) is 10.1. The second-order valence-electron chi connectivity index (χ2n) is 9.31. The molecule has 2 saturated heterocycles. The highest BCUT2D eigenvalue weighted by molar-refractivity contribution is 5.81. The molecule has 0 aromatic carbocycles. The van der Waals surface area contributed by atoms with Crippen LogP contribution in [0.5, 0.6) is 0 Å². The molecular formula is C23H29F6N3O6. The van der Waals surface area contributed by atoms with Gasteiger partial charge in [-0.3, -0.25) is 14.7 Å². The van der Waals surface area contributed by atoms with Crippen LogP contribution in [0, 0.1) is 17.8 Å². The van der Waals surface area contributed by atoms with Crippen LogP contribution in [-0.2, 0) is 25.7 Å². The predicted octanol–water partition coefficient (Wildman–Crippen LogP) is 3.05. The third-order valence-corrected chi connectivity index (χ3v) is 6.18. The molecule has 3 atom stereocenters. The van der Waals surface area contributed by atoms with Gasteiger partial charge in [0.2, 0.25) is 5.91 Å². The van der Waals surface area contributed by atoms with Crippen molar-refractivity contribution in [3.05, 3.63) is 30.1 Å². The monoisotopic (exact) mass is 557 g/mol. The number of rotatable bonds is 5. The molecule has 0 spiro atoms. The smallest absolute Gasteiger partial charge is 0.475 e. The van der Waals surface area contributed by atoms with E-state index in [1.54, 1.807) is 0 Å². The van der Waals surface area contributed by atoms with Gasteiger partial charge in [0.05, 0.1) is 12.7 Å². The fourth-order valence-corrected chi connectivity index (χ4v) is 4.24. The molecule has 214 valence electrons. The molecule has 15 heteroatoms. The Morgan fingerprint density at radius 3 is 2.13 bits per heavy atom. The minimum atomic E-state index is -5.08. The number of likely N-dealkylation sites (tertiary alicyclic amines) is 1. The number of pyridine rings is 1. The van der Waals surface area contributed by atoms with Gasteiger partial charge in [0.25, 0.3) is 0 Å². The van der Waals surface area contributed by atoms with E-state index in [0.29, 0.717) is 29.8 Å². The number of likely N-dealkylation sites (N-methyl/N-ethyl adjacent to an activating group) is 1. The Morgan fingerprint density at radius 1 is 1.08 bits per heavy atom. The Balaban J connectivity index is 0.000000301. The molecule has 3 fully saturated rings. The molecule has 0 unspecified atom stereocenters. The van der Waals surface area contributed by atoms with E-state index in [2.05, 4.69) is 27.9 Å². The zero-order valence-electron chi connectivity index (χ0n) is 20.4. The summed E-state index contributed by atoms with van der Waals surface area (Å²) < 4.78 is 69.6.